The van der Waals surface area contributed by atoms with Crippen LogP contribution in [-0.4, -0.2) is 15.7 Å². The Morgan fingerprint density at radius 1 is 1.64 bits per heavy atom. The fourth-order valence-corrected chi connectivity index (χ4v) is 1.51. The van der Waals surface area contributed by atoms with Gasteiger partial charge in [-0.3, -0.25) is 4.68 Å². The van der Waals surface area contributed by atoms with Crippen molar-refractivity contribution < 1.29 is 9.90 Å². The van der Waals surface area contributed by atoms with Crippen LogP contribution in [-0.2, 0) is 4.79 Å². The van der Waals surface area contributed by atoms with E-state index in [1.165, 1.54) is 4.68 Å². The summed E-state index contributed by atoms with van der Waals surface area (Å²) >= 11 is 5.91. The second-order valence-corrected chi connectivity index (χ2v) is 3.55. The van der Waals surface area contributed by atoms with Crippen LogP contribution >= 0.6 is 11.6 Å². The van der Waals surface area contributed by atoms with Gasteiger partial charge in [-0.25, -0.2) is 0 Å². The number of hydrogen-bond acceptors (Lipinski definition) is 3. The minimum atomic E-state index is -1.13. The summed E-state index contributed by atoms with van der Waals surface area (Å²) in [6, 6.07) is -0.735. The maximum absolute atomic E-state index is 10.8. The van der Waals surface area contributed by atoms with Crippen LogP contribution in [0.4, 0.5) is 0 Å². The van der Waals surface area contributed by atoms with Gasteiger partial charge in [-0.05, 0) is 20.3 Å². The van der Waals surface area contributed by atoms with Gasteiger partial charge in [-0.1, -0.05) is 18.5 Å². The number of halogens is 1. The van der Waals surface area contributed by atoms with Gasteiger partial charge < -0.3 is 9.90 Å². The monoisotopic (exact) mass is 215 g/mol. The third-order valence-electron chi connectivity index (χ3n) is 2.19. The molecule has 14 heavy (non-hydrogen) atoms. The van der Waals surface area contributed by atoms with E-state index in [0.29, 0.717) is 22.8 Å². The molecule has 78 valence electrons. The number of carboxylic acid groups (broad SMARTS) is 1. The van der Waals surface area contributed by atoms with Gasteiger partial charge in [-0.15, -0.1) is 0 Å². The minimum Gasteiger partial charge on any atom is -0.548 e. The summed E-state index contributed by atoms with van der Waals surface area (Å²) in [6.45, 7) is 5.26. The van der Waals surface area contributed by atoms with E-state index < -0.39 is 12.0 Å². The zero-order chi connectivity index (χ0) is 10.9. The van der Waals surface area contributed by atoms with Gasteiger partial charge in [0.1, 0.15) is 0 Å². The molecule has 0 unspecified atom stereocenters. The predicted molar refractivity (Wildman–Crippen MR) is 51.0 cm³/mol. The molecule has 0 saturated carbocycles. The third kappa shape index (κ3) is 1.75. The molecule has 1 atom stereocenters. The Balaban J connectivity index is 3.17. The fourth-order valence-electron chi connectivity index (χ4n) is 1.39. The molecule has 0 fully saturated rings. The number of carbonyl (C=O) groups is 1. The molecule has 0 radical (unpaired) electrons. The summed E-state index contributed by atoms with van der Waals surface area (Å²) in [5.74, 6) is -1.13. The van der Waals surface area contributed by atoms with Gasteiger partial charge in [-0.2, -0.15) is 5.10 Å². The first-order chi connectivity index (χ1) is 6.49. The summed E-state index contributed by atoms with van der Waals surface area (Å²) in [6.07, 6.45) is 0.431. The SMILES string of the molecule is CC[C@H](C(=O)[O-])n1nc(C)c(Cl)c1C. The molecule has 4 nitrogen and oxygen atoms in total. The lowest BCUT2D eigenvalue weighted by Gasteiger charge is -2.18. The number of nitrogens with zero attached hydrogens (tertiary/aromatic N) is 2. The fraction of sp³-hybridized carbons (Fsp3) is 0.556. The predicted octanol–water partition coefficient (Wildman–Crippen LogP) is 0.854. The average molecular weight is 216 g/mol. The van der Waals surface area contributed by atoms with Crippen molar-refractivity contribution in [1.29, 1.82) is 0 Å². The second-order valence-electron chi connectivity index (χ2n) is 3.17. The topological polar surface area (TPSA) is 57.9 Å². The summed E-state index contributed by atoms with van der Waals surface area (Å²) in [7, 11) is 0. The highest BCUT2D eigenvalue weighted by Crippen LogP contribution is 2.23. The first-order valence-corrected chi connectivity index (χ1v) is 4.78. The lowest BCUT2D eigenvalue weighted by molar-refractivity contribution is -0.310. The number of hydrogen-bond donors (Lipinski definition) is 0. The molecule has 1 aromatic rings. The average Bonchev–Trinajstić information content (AvgIpc) is 2.35. The van der Waals surface area contributed by atoms with E-state index >= 15 is 0 Å². The number of aromatic nitrogens is 2. The van der Waals surface area contributed by atoms with Crippen molar-refractivity contribution in [1.82, 2.24) is 9.78 Å². The quantitative estimate of drug-likeness (QED) is 0.751. The summed E-state index contributed by atoms with van der Waals surface area (Å²) in [4.78, 5) is 10.8. The molecule has 1 heterocycles. The van der Waals surface area contributed by atoms with Crippen LogP contribution < -0.4 is 5.11 Å². The maximum Gasteiger partial charge on any atom is 0.0913 e. The normalized spacial score (nSPS) is 12.9. The van der Waals surface area contributed by atoms with Crippen molar-refractivity contribution in [3.05, 3.63) is 16.4 Å². The van der Waals surface area contributed by atoms with Crippen molar-refractivity contribution in [2.75, 3.05) is 0 Å². The number of rotatable bonds is 3. The zero-order valence-corrected chi connectivity index (χ0v) is 9.13. The molecule has 5 heteroatoms. The smallest absolute Gasteiger partial charge is 0.0913 e. The lowest BCUT2D eigenvalue weighted by Crippen LogP contribution is -2.34. The zero-order valence-electron chi connectivity index (χ0n) is 8.37. The largest absolute Gasteiger partial charge is 0.548 e. The van der Waals surface area contributed by atoms with Gasteiger partial charge >= 0.3 is 0 Å². The first-order valence-electron chi connectivity index (χ1n) is 4.41. The molecule has 0 spiro atoms. The molecule has 0 amide bonds. The van der Waals surface area contributed by atoms with Crippen molar-refractivity contribution in [2.24, 2.45) is 0 Å². The van der Waals surface area contributed by atoms with Gasteiger partial charge in [0, 0.05) is 0 Å². The van der Waals surface area contributed by atoms with Crippen molar-refractivity contribution in [3.63, 3.8) is 0 Å². The number of carboxylic acids is 1. The summed E-state index contributed by atoms with van der Waals surface area (Å²) < 4.78 is 1.41. The Labute approximate surface area is 87.5 Å². The third-order valence-corrected chi connectivity index (χ3v) is 2.74. The molecule has 0 saturated heterocycles. The van der Waals surface area contributed by atoms with E-state index in [2.05, 4.69) is 5.10 Å². The molecule has 0 aliphatic heterocycles. The first kappa shape index (κ1) is 11.0. The Kier molecular flexibility index (Phi) is 3.16. The van der Waals surface area contributed by atoms with Gasteiger partial charge in [0.15, 0.2) is 0 Å². The Bertz CT molecular complexity index is 360. The molecular formula is C9H12ClN2O2-. The lowest BCUT2D eigenvalue weighted by atomic mass is 10.2. The van der Waals surface area contributed by atoms with Crippen molar-refractivity contribution in [2.45, 2.75) is 33.2 Å². The highest BCUT2D eigenvalue weighted by molar-refractivity contribution is 6.31. The van der Waals surface area contributed by atoms with Crippen LogP contribution in [0, 0.1) is 13.8 Å². The van der Waals surface area contributed by atoms with Gasteiger partial charge in [0.2, 0.25) is 0 Å². The Hall–Kier alpha value is -1.03. The van der Waals surface area contributed by atoms with E-state index in [4.69, 9.17) is 11.6 Å². The molecule has 0 aliphatic carbocycles. The van der Waals surface area contributed by atoms with E-state index in [9.17, 15) is 9.90 Å². The standard InChI is InChI=1S/C9H13ClN2O2/c1-4-7(9(13)14)12-6(3)8(10)5(2)11-12/h7H,4H2,1-3H3,(H,13,14)/p-1/t7-/m1/s1. The molecule has 1 aromatic heterocycles. The molecule has 1 rings (SSSR count). The highest BCUT2D eigenvalue weighted by atomic mass is 35.5. The number of aliphatic carboxylic acids is 1. The van der Waals surface area contributed by atoms with E-state index in [1.54, 1.807) is 20.8 Å². The molecule has 0 N–H and O–H groups in total. The molecular weight excluding hydrogens is 204 g/mol. The van der Waals surface area contributed by atoms with Crippen LogP contribution in [0.5, 0.6) is 0 Å². The highest BCUT2D eigenvalue weighted by Gasteiger charge is 2.16. The second kappa shape index (κ2) is 4.00. The maximum atomic E-state index is 10.8. The van der Waals surface area contributed by atoms with Crippen LogP contribution in [0.25, 0.3) is 0 Å². The van der Waals surface area contributed by atoms with E-state index in [1.807, 2.05) is 0 Å². The van der Waals surface area contributed by atoms with Crippen molar-refractivity contribution >= 4 is 17.6 Å². The van der Waals surface area contributed by atoms with Crippen molar-refractivity contribution in [3.8, 4) is 0 Å². The van der Waals surface area contributed by atoms with E-state index in [-0.39, 0.29) is 0 Å². The number of carbonyl (C=O) groups excluding carboxylic acids is 1. The van der Waals surface area contributed by atoms with Crippen LogP contribution in [0.15, 0.2) is 0 Å². The van der Waals surface area contributed by atoms with Gasteiger partial charge in [0.25, 0.3) is 0 Å². The van der Waals surface area contributed by atoms with Crippen LogP contribution in [0.1, 0.15) is 30.8 Å². The molecule has 0 aliphatic rings. The minimum absolute atomic E-state index is 0.431. The van der Waals surface area contributed by atoms with Crippen LogP contribution in [0.3, 0.4) is 0 Å². The Morgan fingerprint density at radius 3 is 2.50 bits per heavy atom. The van der Waals surface area contributed by atoms with Gasteiger partial charge in [0.05, 0.1) is 28.4 Å². The van der Waals surface area contributed by atoms with E-state index in [0.717, 1.165) is 0 Å². The number of aryl methyl sites for hydroxylation is 1. The Morgan fingerprint density at radius 2 is 2.21 bits per heavy atom. The van der Waals surface area contributed by atoms with Crippen LogP contribution in [0.2, 0.25) is 5.02 Å². The molecule has 0 bridgehead atoms. The summed E-state index contributed by atoms with van der Waals surface area (Å²) in [5, 5.41) is 15.4. The summed E-state index contributed by atoms with van der Waals surface area (Å²) in [5.41, 5.74) is 1.31. The molecule has 0 aromatic carbocycles.